The molecule has 3 heterocycles. The zero-order valence-corrected chi connectivity index (χ0v) is 15.4. The fraction of sp³-hybridized carbons (Fsp3) is 0.400. The molecule has 2 aliphatic rings. The third-order valence-corrected chi connectivity index (χ3v) is 5.44. The number of piperidine rings is 1. The number of fused-ring (bicyclic) bond motifs is 1. The molecular weight excluding hydrogens is 348 g/mol. The fourth-order valence-electron chi connectivity index (χ4n) is 3.78. The van der Waals surface area contributed by atoms with Crippen LogP contribution in [0, 0.1) is 0 Å². The van der Waals surface area contributed by atoms with Gasteiger partial charge in [0.2, 0.25) is 5.91 Å². The van der Waals surface area contributed by atoms with Crippen molar-refractivity contribution in [1.82, 2.24) is 15.2 Å². The van der Waals surface area contributed by atoms with Gasteiger partial charge in [0.1, 0.15) is 6.04 Å². The van der Waals surface area contributed by atoms with E-state index in [9.17, 15) is 4.79 Å². The van der Waals surface area contributed by atoms with Crippen LogP contribution in [0.2, 0.25) is 5.02 Å². The number of amides is 1. The SMILES string of the molecule is O=C(NC1CCN(Cc2cccnc2)CC1)[C@@H]1Cc2cc(Cl)ccc2N1. The van der Waals surface area contributed by atoms with Gasteiger partial charge < -0.3 is 10.6 Å². The van der Waals surface area contributed by atoms with Gasteiger partial charge >= 0.3 is 0 Å². The molecule has 0 unspecified atom stereocenters. The minimum Gasteiger partial charge on any atom is -0.373 e. The molecule has 4 rings (SSSR count). The van der Waals surface area contributed by atoms with Crippen LogP contribution in [-0.2, 0) is 17.8 Å². The number of likely N-dealkylation sites (tertiary alicyclic amines) is 1. The molecule has 1 aromatic heterocycles. The Bertz CT molecular complexity index is 775. The highest BCUT2D eigenvalue weighted by Gasteiger charge is 2.29. The molecule has 0 spiro atoms. The predicted octanol–water partition coefficient (Wildman–Crippen LogP) is 2.85. The van der Waals surface area contributed by atoms with Crippen molar-refractivity contribution >= 4 is 23.2 Å². The summed E-state index contributed by atoms with van der Waals surface area (Å²) in [4.78, 5) is 19.2. The van der Waals surface area contributed by atoms with Crippen molar-refractivity contribution in [2.75, 3.05) is 18.4 Å². The average Bonchev–Trinajstić information content (AvgIpc) is 3.07. The van der Waals surface area contributed by atoms with Crippen molar-refractivity contribution in [2.45, 2.75) is 37.9 Å². The molecule has 5 nitrogen and oxygen atoms in total. The quantitative estimate of drug-likeness (QED) is 0.868. The molecule has 2 aromatic rings. The van der Waals surface area contributed by atoms with E-state index >= 15 is 0 Å². The van der Waals surface area contributed by atoms with Crippen LogP contribution in [0.15, 0.2) is 42.7 Å². The number of halogens is 1. The van der Waals surface area contributed by atoms with Gasteiger partial charge in [-0.15, -0.1) is 0 Å². The number of benzene rings is 1. The topological polar surface area (TPSA) is 57.3 Å². The Kier molecular flexibility index (Phi) is 5.09. The number of aromatic nitrogens is 1. The second-order valence-electron chi connectivity index (χ2n) is 7.12. The summed E-state index contributed by atoms with van der Waals surface area (Å²) in [6.07, 6.45) is 6.38. The molecule has 0 saturated carbocycles. The maximum Gasteiger partial charge on any atom is 0.243 e. The van der Waals surface area contributed by atoms with E-state index in [2.05, 4.69) is 26.6 Å². The minimum atomic E-state index is -0.197. The molecule has 1 atom stereocenters. The van der Waals surface area contributed by atoms with Crippen molar-refractivity contribution in [3.8, 4) is 0 Å². The van der Waals surface area contributed by atoms with E-state index in [0.717, 1.165) is 43.7 Å². The second kappa shape index (κ2) is 7.64. The van der Waals surface area contributed by atoms with Gasteiger partial charge in [0.15, 0.2) is 0 Å². The Morgan fingerprint density at radius 2 is 2.15 bits per heavy atom. The van der Waals surface area contributed by atoms with Gasteiger partial charge in [-0.2, -0.15) is 0 Å². The molecular formula is C20H23ClN4O. The van der Waals surface area contributed by atoms with Crippen LogP contribution < -0.4 is 10.6 Å². The lowest BCUT2D eigenvalue weighted by atomic mass is 10.0. The molecule has 2 aliphatic heterocycles. The molecule has 136 valence electrons. The Labute approximate surface area is 158 Å². The molecule has 1 fully saturated rings. The Morgan fingerprint density at radius 3 is 2.92 bits per heavy atom. The molecule has 1 aromatic carbocycles. The monoisotopic (exact) mass is 370 g/mol. The molecule has 2 N–H and O–H groups in total. The van der Waals surface area contributed by atoms with Gasteiger partial charge in [0.25, 0.3) is 0 Å². The zero-order valence-electron chi connectivity index (χ0n) is 14.6. The first kappa shape index (κ1) is 17.3. The first-order chi connectivity index (χ1) is 12.7. The van der Waals surface area contributed by atoms with E-state index in [-0.39, 0.29) is 18.0 Å². The van der Waals surface area contributed by atoms with Gasteiger partial charge in [0.05, 0.1) is 0 Å². The summed E-state index contributed by atoms with van der Waals surface area (Å²) in [5, 5.41) is 7.24. The van der Waals surface area contributed by atoms with Crippen LogP contribution in [0.3, 0.4) is 0 Å². The molecule has 1 amide bonds. The Morgan fingerprint density at radius 1 is 1.31 bits per heavy atom. The highest BCUT2D eigenvalue weighted by molar-refractivity contribution is 6.30. The van der Waals surface area contributed by atoms with Crippen LogP contribution in [-0.4, -0.2) is 41.0 Å². The number of nitrogens with one attached hydrogen (secondary N) is 2. The number of hydrogen-bond acceptors (Lipinski definition) is 4. The van der Waals surface area contributed by atoms with Gasteiger partial charge in [-0.25, -0.2) is 0 Å². The van der Waals surface area contributed by atoms with Gasteiger partial charge in [0, 0.05) is 55.2 Å². The number of hydrogen-bond donors (Lipinski definition) is 2. The lowest BCUT2D eigenvalue weighted by Gasteiger charge is -2.32. The Balaban J connectivity index is 1.25. The number of pyridine rings is 1. The predicted molar refractivity (Wildman–Crippen MR) is 103 cm³/mol. The molecule has 0 radical (unpaired) electrons. The highest BCUT2D eigenvalue weighted by atomic mass is 35.5. The number of carbonyl (C=O) groups excluding carboxylic acids is 1. The van der Waals surface area contributed by atoms with Crippen LogP contribution in [0.25, 0.3) is 0 Å². The van der Waals surface area contributed by atoms with Crippen molar-refractivity contribution in [2.24, 2.45) is 0 Å². The average molecular weight is 371 g/mol. The van der Waals surface area contributed by atoms with E-state index in [1.807, 2.05) is 30.5 Å². The second-order valence-corrected chi connectivity index (χ2v) is 7.56. The number of rotatable bonds is 4. The highest BCUT2D eigenvalue weighted by Crippen LogP contribution is 2.28. The van der Waals surface area contributed by atoms with E-state index < -0.39 is 0 Å². The van der Waals surface area contributed by atoms with Crippen molar-refractivity contribution in [3.63, 3.8) is 0 Å². The summed E-state index contributed by atoms with van der Waals surface area (Å²) in [7, 11) is 0. The van der Waals surface area contributed by atoms with Gasteiger partial charge in [-0.05, 0) is 48.2 Å². The third kappa shape index (κ3) is 4.00. The van der Waals surface area contributed by atoms with E-state index in [1.54, 1.807) is 6.20 Å². The summed E-state index contributed by atoms with van der Waals surface area (Å²) in [5.74, 6) is 0.0861. The minimum absolute atomic E-state index is 0.0861. The number of anilines is 1. The van der Waals surface area contributed by atoms with Crippen molar-refractivity contribution in [1.29, 1.82) is 0 Å². The molecule has 6 heteroatoms. The smallest absolute Gasteiger partial charge is 0.243 e. The molecule has 26 heavy (non-hydrogen) atoms. The lowest BCUT2D eigenvalue weighted by Crippen LogP contribution is -2.48. The first-order valence-corrected chi connectivity index (χ1v) is 9.52. The normalized spacial score (nSPS) is 20.4. The lowest BCUT2D eigenvalue weighted by molar-refractivity contribution is -0.122. The van der Waals surface area contributed by atoms with Crippen molar-refractivity contribution < 1.29 is 4.79 Å². The number of nitrogens with zero attached hydrogens (tertiary/aromatic N) is 2. The van der Waals surface area contributed by atoms with Gasteiger partial charge in [-0.1, -0.05) is 17.7 Å². The van der Waals surface area contributed by atoms with E-state index in [4.69, 9.17) is 11.6 Å². The summed E-state index contributed by atoms with van der Waals surface area (Å²) >= 11 is 6.04. The van der Waals surface area contributed by atoms with E-state index in [0.29, 0.717) is 11.4 Å². The first-order valence-electron chi connectivity index (χ1n) is 9.14. The molecule has 1 saturated heterocycles. The van der Waals surface area contributed by atoms with Crippen LogP contribution >= 0.6 is 11.6 Å². The van der Waals surface area contributed by atoms with Crippen LogP contribution in [0.1, 0.15) is 24.0 Å². The maximum atomic E-state index is 12.6. The standard InChI is InChI=1S/C20H23ClN4O/c21-16-3-4-18-15(10-16)11-19(24-18)20(26)23-17-5-8-25(9-6-17)13-14-2-1-7-22-12-14/h1-4,7,10,12,17,19,24H,5-6,8-9,11,13H2,(H,23,26)/t19-/m0/s1. The summed E-state index contributed by atoms with van der Waals surface area (Å²) in [6, 6.07) is 9.87. The maximum absolute atomic E-state index is 12.6. The van der Waals surface area contributed by atoms with E-state index in [1.165, 1.54) is 5.56 Å². The zero-order chi connectivity index (χ0) is 17.9. The summed E-state index contributed by atoms with van der Waals surface area (Å²) in [6.45, 7) is 2.91. The molecule has 0 bridgehead atoms. The molecule has 0 aliphatic carbocycles. The van der Waals surface area contributed by atoms with Crippen LogP contribution in [0.4, 0.5) is 5.69 Å². The largest absolute Gasteiger partial charge is 0.373 e. The number of carbonyl (C=O) groups is 1. The summed E-state index contributed by atoms with van der Waals surface area (Å²) < 4.78 is 0. The van der Waals surface area contributed by atoms with Crippen molar-refractivity contribution in [3.05, 3.63) is 58.9 Å². The summed E-state index contributed by atoms with van der Waals surface area (Å²) in [5.41, 5.74) is 3.37. The van der Waals surface area contributed by atoms with Gasteiger partial charge in [-0.3, -0.25) is 14.7 Å². The third-order valence-electron chi connectivity index (χ3n) is 5.20. The Hall–Kier alpha value is -2.11. The fourth-order valence-corrected chi connectivity index (χ4v) is 3.97. The van der Waals surface area contributed by atoms with Crippen LogP contribution in [0.5, 0.6) is 0 Å².